The maximum atomic E-state index is 12.4. The van der Waals surface area contributed by atoms with Gasteiger partial charge in [0.2, 0.25) is 5.88 Å². The molecule has 4 rings (SSSR count). The van der Waals surface area contributed by atoms with E-state index in [0.717, 1.165) is 36.5 Å². The molecule has 3 heterocycles. The van der Waals surface area contributed by atoms with Gasteiger partial charge in [0.1, 0.15) is 28.8 Å². The van der Waals surface area contributed by atoms with Gasteiger partial charge in [-0.2, -0.15) is 5.26 Å². The van der Waals surface area contributed by atoms with Crippen LogP contribution in [0.5, 0.6) is 5.88 Å². The molecule has 1 aliphatic heterocycles. The number of carbonyl (C=O) groups excluding carboxylic acids is 1. The van der Waals surface area contributed by atoms with Crippen molar-refractivity contribution in [1.82, 2.24) is 14.9 Å². The molecular formula is C23H29N5O3. The summed E-state index contributed by atoms with van der Waals surface area (Å²) in [5.74, 6) is 1.17. The van der Waals surface area contributed by atoms with Crippen molar-refractivity contribution in [2.45, 2.75) is 70.6 Å². The van der Waals surface area contributed by atoms with Gasteiger partial charge in [-0.1, -0.05) is 0 Å². The Morgan fingerprint density at radius 2 is 2.13 bits per heavy atom. The van der Waals surface area contributed by atoms with E-state index >= 15 is 0 Å². The normalized spacial score (nSPS) is 20.1. The van der Waals surface area contributed by atoms with Crippen LogP contribution in [0.2, 0.25) is 0 Å². The summed E-state index contributed by atoms with van der Waals surface area (Å²) in [7, 11) is 0. The number of hydrogen-bond donors (Lipinski definition) is 1. The van der Waals surface area contributed by atoms with Crippen molar-refractivity contribution in [1.29, 1.82) is 5.26 Å². The van der Waals surface area contributed by atoms with Crippen molar-refractivity contribution < 1.29 is 14.3 Å². The molecule has 1 N–H and O–H groups in total. The number of amides is 1. The first-order valence-corrected chi connectivity index (χ1v) is 10.8. The lowest BCUT2D eigenvalue weighted by Gasteiger charge is -2.34. The molecule has 1 aliphatic carbocycles. The predicted molar refractivity (Wildman–Crippen MR) is 117 cm³/mol. The zero-order valence-electron chi connectivity index (χ0n) is 18.6. The number of piperidine rings is 1. The number of fused-ring (bicyclic) bond motifs is 1. The Morgan fingerprint density at radius 3 is 2.81 bits per heavy atom. The highest BCUT2D eigenvalue weighted by Crippen LogP contribution is 2.41. The first-order valence-electron chi connectivity index (χ1n) is 10.8. The highest BCUT2D eigenvalue weighted by molar-refractivity contribution is 5.89. The van der Waals surface area contributed by atoms with Crippen LogP contribution in [-0.2, 0) is 4.74 Å². The molecule has 164 valence electrons. The van der Waals surface area contributed by atoms with Crippen molar-refractivity contribution >= 4 is 22.7 Å². The number of carbonyl (C=O) groups is 1. The van der Waals surface area contributed by atoms with Gasteiger partial charge in [-0.25, -0.2) is 14.8 Å². The fraction of sp³-hybridized carbons (Fsp3) is 0.565. The number of ether oxygens (including phenoxy) is 2. The number of rotatable bonds is 4. The molecule has 2 aromatic heterocycles. The van der Waals surface area contributed by atoms with E-state index in [4.69, 9.17) is 9.47 Å². The summed E-state index contributed by atoms with van der Waals surface area (Å²) in [6.45, 7) is 8.91. The molecule has 31 heavy (non-hydrogen) atoms. The largest absolute Gasteiger partial charge is 0.471 e. The Balaban J connectivity index is 1.52. The van der Waals surface area contributed by atoms with Gasteiger partial charge in [-0.15, -0.1) is 0 Å². The first kappa shape index (κ1) is 21.2. The monoisotopic (exact) mass is 423 g/mol. The summed E-state index contributed by atoms with van der Waals surface area (Å²) in [6, 6.07) is 5.80. The molecule has 2 fully saturated rings. The van der Waals surface area contributed by atoms with E-state index in [1.807, 2.05) is 33.8 Å². The Kier molecular flexibility index (Phi) is 5.38. The maximum absolute atomic E-state index is 12.4. The van der Waals surface area contributed by atoms with Crippen LogP contribution in [0.3, 0.4) is 0 Å². The van der Waals surface area contributed by atoms with Crippen LogP contribution in [0.15, 0.2) is 18.3 Å². The lowest BCUT2D eigenvalue weighted by Crippen LogP contribution is -2.47. The SMILES string of the molecule is CC(C)(C)OC(=O)N1CCCC(Nc2cc3c(OC4(C)CC4)nc(C#N)cc3cn2)C1. The molecule has 2 aliphatic rings. The number of hydrogen-bond acceptors (Lipinski definition) is 7. The van der Waals surface area contributed by atoms with Gasteiger partial charge in [0, 0.05) is 36.1 Å². The van der Waals surface area contributed by atoms with Gasteiger partial charge < -0.3 is 19.7 Å². The zero-order chi connectivity index (χ0) is 22.2. The van der Waals surface area contributed by atoms with Gasteiger partial charge in [-0.05, 0) is 65.5 Å². The summed E-state index contributed by atoms with van der Waals surface area (Å²) < 4.78 is 11.6. The van der Waals surface area contributed by atoms with E-state index in [0.29, 0.717) is 30.5 Å². The number of nitrogens with one attached hydrogen (secondary N) is 1. The van der Waals surface area contributed by atoms with Crippen LogP contribution in [0.25, 0.3) is 10.8 Å². The molecule has 8 nitrogen and oxygen atoms in total. The topological polar surface area (TPSA) is 100 Å². The van der Waals surface area contributed by atoms with E-state index in [1.54, 1.807) is 17.2 Å². The maximum Gasteiger partial charge on any atom is 0.410 e. The molecule has 0 bridgehead atoms. The minimum absolute atomic E-state index is 0.0721. The van der Waals surface area contributed by atoms with Crippen molar-refractivity contribution in [2.75, 3.05) is 18.4 Å². The predicted octanol–water partition coefficient (Wildman–Crippen LogP) is 4.24. The second-order valence-electron chi connectivity index (χ2n) is 9.68. The standard InChI is InChI=1S/C23H29N5O3/c1-22(2,3)31-21(29)28-9-5-6-16(14-28)26-19-11-18-15(13-25-19)10-17(12-24)27-20(18)30-23(4)7-8-23/h10-11,13,16H,5-9,14H2,1-4H3,(H,25,26). The molecule has 0 aromatic carbocycles. The van der Waals surface area contributed by atoms with E-state index in [-0.39, 0.29) is 17.7 Å². The van der Waals surface area contributed by atoms with Crippen LogP contribution in [-0.4, -0.2) is 51.3 Å². The second-order valence-corrected chi connectivity index (χ2v) is 9.68. The number of anilines is 1. The molecule has 1 amide bonds. The third-order valence-electron chi connectivity index (χ3n) is 5.52. The third-order valence-corrected chi connectivity index (χ3v) is 5.52. The van der Waals surface area contributed by atoms with Crippen molar-refractivity contribution in [3.63, 3.8) is 0 Å². The fourth-order valence-corrected chi connectivity index (χ4v) is 3.64. The third kappa shape index (κ3) is 5.16. The Labute approximate surface area is 182 Å². The summed E-state index contributed by atoms with van der Waals surface area (Å²) >= 11 is 0. The average Bonchev–Trinajstić information content (AvgIpc) is 3.43. The molecule has 0 spiro atoms. The molecule has 2 aromatic rings. The van der Waals surface area contributed by atoms with E-state index in [1.165, 1.54) is 0 Å². The van der Waals surface area contributed by atoms with Crippen LogP contribution in [0, 0.1) is 11.3 Å². The first-order chi connectivity index (χ1) is 14.6. The Morgan fingerprint density at radius 1 is 1.35 bits per heavy atom. The molecule has 1 saturated heterocycles. The average molecular weight is 424 g/mol. The Bertz CT molecular complexity index is 1040. The molecule has 1 unspecified atom stereocenters. The molecule has 8 heteroatoms. The quantitative estimate of drug-likeness (QED) is 0.785. The molecule has 1 saturated carbocycles. The van der Waals surface area contributed by atoms with Gasteiger partial charge in [0.15, 0.2) is 0 Å². The van der Waals surface area contributed by atoms with E-state index in [2.05, 4.69) is 21.4 Å². The minimum atomic E-state index is -0.513. The number of nitriles is 1. The number of pyridine rings is 2. The summed E-state index contributed by atoms with van der Waals surface area (Å²) in [6.07, 6.45) is 5.23. The van der Waals surface area contributed by atoms with Crippen molar-refractivity contribution in [2.24, 2.45) is 0 Å². The minimum Gasteiger partial charge on any atom is -0.471 e. The smallest absolute Gasteiger partial charge is 0.410 e. The summed E-state index contributed by atoms with van der Waals surface area (Å²) in [4.78, 5) is 23.1. The van der Waals surface area contributed by atoms with Gasteiger partial charge in [0.25, 0.3) is 0 Å². The molecule has 1 atom stereocenters. The fourth-order valence-electron chi connectivity index (χ4n) is 3.64. The lowest BCUT2D eigenvalue weighted by atomic mass is 10.1. The molecular weight excluding hydrogens is 394 g/mol. The zero-order valence-corrected chi connectivity index (χ0v) is 18.6. The van der Waals surface area contributed by atoms with Crippen LogP contribution >= 0.6 is 0 Å². The summed E-state index contributed by atoms with van der Waals surface area (Å²) in [5.41, 5.74) is -0.404. The number of aromatic nitrogens is 2. The van der Waals surface area contributed by atoms with E-state index in [9.17, 15) is 10.1 Å². The Hall–Kier alpha value is -3.08. The van der Waals surface area contributed by atoms with Gasteiger partial charge in [0.05, 0.1) is 0 Å². The second kappa shape index (κ2) is 7.88. The number of likely N-dealkylation sites (tertiary alicyclic amines) is 1. The number of nitrogens with zero attached hydrogens (tertiary/aromatic N) is 4. The van der Waals surface area contributed by atoms with Gasteiger partial charge in [-0.3, -0.25) is 0 Å². The summed E-state index contributed by atoms with van der Waals surface area (Å²) in [5, 5.41) is 14.4. The van der Waals surface area contributed by atoms with E-state index < -0.39 is 5.60 Å². The highest BCUT2D eigenvalue weighted by atomic mass is 16.6. The highest BCUT2D eigenvalue weighted by Gasteiger charge is 2.41. The van der Waals surface area contributed by atoms with Gasteiger partial charge >= 0.3 is 6.09 Å². The molecule has 0 radical (unpaired) electrons. The van der Waals surface area contributed by atoms with Crippen LogP contribution in [0.4, 0.5) is 10.6 Å². The van der Waals surface area contributed by atoms with Crippen molar-refractivity contribution in [3.8, 4) is 11.9 Å². The van der Waals surface area contributed by atoms with Crippen LogP contribution < -0.4 is 10.1 Å². The van der Waals surface area contributed by atoms with Crippen LogP contribution in [0.1, 0.15) is 59.1 Å². The van der Waals surface area contributed by atoms with Crippen molar-refractivity contribution in [3.05, 3.63) is 24.0 Å². The lowest BCUT2D eigenvalue weighted by molar-refractivity contribution is 0.0206.